The van der Waals surface area contributed by atoms with E-state index in [1.165, 1.54) is 11.8 Å². The highest BCUT2D eigenvalue weighted by Crippen LogP contribution is 2.40. The Kier molecular flexibility index (Phi) is 7.41. The number of thioether (sulfide) groups is 1. The molecular formula is C21H35N3O4SSi. The van der Waals surface area contributed by atoms with Crippen LogP contribution in [0.25, 0.3) is 0 Å². The number of aromatic nitrogens is 2. The molecule has 7 nitrogen and oxygen atoms in total. The van der Waals surface area contributed by atoms with E-state index in [1.807, 2.05) is 25.0 Å². The second-order valence-electron chi connectivity index (χ2n) is 9.72. The lowest BCUT2D eigenvalue weighted by atomic mass is 9.91. The van der Waals surface area contributed by atoms with E-state index >= 15 is 0 Å². The van der Waals surface area contributed by atoms with Crippen LogP contribution in [0.3, 0.4) is 0 Å². The van der Waals surface area contributed by atoms with Gasteiger partial charge in [-0.25, -0.2) is 14.8 Å². The number of ketones is 1. The number of anilines is 1. The van der Waals surface area contributed by atoms with E-state index in [-0.39, 0.29) is 23.8 Å². The number of hydrogen-bond acceptors (Lipinski definition) is 8. The zero-order valence-electron chi connectivity index (χ0n) is 19.7. The molecule has 1 aromatic rings. The van der Waals surface area contributed by atoms with Gasteiger partial charge in [-0.3, -0.25) is 4.79 Å². The number of esters is 1. The van der Waals surface area contributed by atoms with Crippen LogP contribution in [-0.4, -0.2) is 61.1 Å². The van der Waals surface area contributed by atoms with Crippen LogP contribution >= 0.6 is 11.8 Å². The molecule has 0 saturated carbocycles. The summed E-state index contributed by atoms with van der Waals surface area (Å²) in [5.74, 6) is -0.0817. The number of ether oxygens (including phenoxy) is 1. The maximum absolute atomic E-state index is 12.8. The largest absolute Gasteiger partial charge is 0.464 e. The van der Waals surface area contributed by atoms with Gasteiger partial charge in [-0.2, -0.15) is 0 Å². The highest BCUT2D eigenvalue weighted by molar-refractivity contribution is 7.98. The van der Waals surface area contributed by atoms with Gasteiger partial charge in [0.1, 0.15) is 11.9 Å². The molecule has 1 unspecified atom stereocenters. The van der Waals surface area contributed by atoms with Crippen molar-refractivity contribution in [2.75, 3.05) is 24.4 Å². The Morgan fingerprint density at radius 2 is 1.93 bits per heavy atom. The summed E-state index contributed by atoms with van der Waals surface area (Å²) < 4.78 is 11.8. The predicted molar refractivity (Wildman–Crippen MR) is 123 cm³/mol. The van der Waals surface area contributed by atoms with Crippen molar-refractivity contribution in [3.05, 3.63) is 11.8 Å². The number of fused-ring (bicyclic) bond motifs is 1. The van der Waals surface area contributed by atoms with Crippen molar-refractivity contribution in [1.29, 1.82) is 0 Å². The number of hydrogen-bond donors (Lipinski definition) is 0. The summed E-state index contributed by atoms with van der Waals surface area (Å²) in [6, 6.07) is -0.743. The fourth-order valence-corrected chi connectivity index (χ4v) is 4.62. The molecule has 0 N–H and O–H groups in total. The van der Waals surface area contributed by atoms with Gasteiger partial charge >= 0.3 is 5.97 Å². The summed E-state index contributed by atoms with van der Waals surface area (Å²) in [5, 5.41) is 0.616. The van der Waals surface area contributed by atoms with Crippen molar-refractivity contribution in [3.8, 4) is 0 Å². The van der Waals surface area contributed by atoms with Crippen LogP contribution in [0, 0.1) is 0 Å². The average molecular weight is 454 g/mol. The van der Waals surface area contributed by atoms with E-state index in [1.54, 1.807) is 13.1 Å². The average Bonchev–Trinajstić information content (AvgIpc) is 2.65. The molecule has 0 saturated heterocycles. The first-order valence-electron chi connectivity index (χ1n) is 10.3. The Morgan fingerprint density at radius 1 is 1.30 bits per heavy atom. The molecule has 9 heteroatoms. The van der Waals surface area contributed by atoms with Crippen molar-refractivity contribution in [1.82, 2.24) is 9.97 Å². The SMILES string of the molecule is CCOC(=O)C1CC(=O)c2cnc(SC)nc2N1C(C)(C)CO[Si](C)(C)C(C)(C)C. The van der Waals surface area contributed by atoms with Gasteiger partial charge in [0.15, 0.2) is 19.3 Å². The third-order valence-electron chi connectivity index (χ3n) is 5.95. The topological polar surface area (TPSA) is 81.6 Å². The van der Waals surface area contributed by atoms with E-state index in [2.05, 4.69) is 43.8 Å². The van der Waals surface area contributed by atoms with Crippen molar-refractivity contribution in [2.24, 2.45) is 0 Å². The minimum Gasteiger partial charge on any atom is -0.464 e. The highest BCUT2D eigenvalue weighted by Gasteiger charge is 2.47. The van der Waals surface area contributed by atoms with Gasteiger partial charge in [0.2, 0.25) is 0 Å². The van der Waals surface area contributed by atoms with Crippen LogP contribution in [0.4, 0.5) is 5.82 Å². The zero-order valence-corrected chi connectivity index (χ0v) is 21.5. The van der Waals surface area contributed by atoms with Crippen LogP contribution in [0.1, 0.15) is 58.3 Å². The molecule has 2 rings (SSSR count). The number of nitrogens with zero attached hydrogens (tertiary/aromatic N) is 3. The van der Waals surface area contributed by atoms with E-state index < -0.39 is 25.9 Å². The van der Waals surface area contributed by atoms with Gasteiger partial charge in [-0.15, -0.1) is 0 Å². The maximum atomic E-state index is 12.8. The molecule has 0 fully saturated rings. The summed E-state index contributed by atoms with van der Waals surface area (Å²) in [4.78, 5) is 36.4. The Hall–Kier alpha value is -1.45. The molecular weight excluding hydrogens is 418 g/mol. The molecule has 1 aliphatic rings. The van der Waals surface area contributed by atoms with Crippen molar-refractivity contribution in [3.63, 3.8) is 0 Å². The minimum absolute atomic E-state index is 0.0390. The molecule has 0 aromatic carbocycles. The second kappa shape index (κ2) is 8.96. The molecule has 0 amide bonds. The zero-order chi connectivity index (χ0) is 22.9. The summed E-state index contributed by atoms with van der Waals surface area (Å²) in [5.41, 5.74) is -0.152. The van der Waals surface area contributed by atoms with Crippen molar-refractivity contribution >= 4 is 37.6 Å². The van der Waals surface area contributed by atoms with Gasteiger partial charge < -0.3 is 14.1 Å². The summed E-state index contributed by atoms with van der Waals surface area (Å²) in [6.07, 6.45) is 3.48. The van der Waals surface area contributed by atoms with Crippen LogP contribution in [-0.2, 0) is 14.0 Å². The molecule has 0 radical (unpaired) electrons. The molecule has 1 atom stereocenters. The number of rotatable bonds is 7. The smallest absolute Gasteiger partial charge is 0.329 e. The number of carbonyl (C=O) groups excluding carboxylic acids is 2. The van der Waals surface area contributed by atoms with Gasteiger partial charge in [-0.05, 0) is 45.2 Å². The van der Waals surface area contributed by atoms with Crippen molar-refractivity contribution in [2.45, 2.75) is 82.8 Å². The summed E-state index contributed by atoms with van der Waals surface area (Å²) in [7, 11) is -2.01. The van der Waals surface area contributed by atoms with Gasteiger partial charge in [-0.1, -0.05) is 32.5 Å². The Bertz CT molecular complexity index is 808. The fourth-order valence-electron chi connectivity index (χ4n) is 3.14. The maximum Gasteiger partial charge on any atom is 0.329 e. The van der Waals surface area contributed by atoms with Crippen LogP contribution in [0.5, 0.6) is 0 Å². The van der Waals surface area contributed by atoms with Gasteiger partial charge in [0.25, 0.3) is 0 Å². The second-order valence-corrected chi connectivity index (χ2v) is 15.3. The lowest BCUT2D eigenvalue weighted by Crippen LogP contribution is -2.60. The first kappa shape index (κ1) is 24.8. The van der Waals surface area contributed by atoms with E-state index in [0.717, 1.165) is 0 Å². The van der Waals surface area contributed by atoms with E-state index in [0.29, 0.717) is 23.1 Å². The Labute approximate surface area is 185 Å². The highest BCUT2D eigenvalue weighted by atomic mass is 32.2. The van der Waals surface area contributed by atoms with Gasteiger partial charge in [0.05, 0.1) is 24.3 Å². The number of carbonyl (C=O) groups is 2. The van der Waals surface area contributed by atoms with E-state index in [9.17, 15) is 9.59 Å². The Morgan fingerprint density at radius 3 is 2.47 bits per heavy atom. The molecule has 30 heavy (non-hydrogen) atoms. The van der Waals surface area contributed by atoms with Crippen LogP contribution < -0.4 is 4.90 Å². The Balaban J connectivity index is 2.51. The summed E-state index contributed by atoms with van der Waals surface area (Å²) >= 11 is 1.40. The molecule has 168 valence electrons. The molecule has 1 aromatic heterocycles. The lowest BCUT2D eigenvalue weighted by Gasteiger charge is -2.47. The number of Topliss-reactive ketones (excluding diaryl/α,β-unsaturated/α-hetero) is 1. The van der Waals surface area contributed by atoms with Crippen LogP contribution in [0.15, 0.2) is 11.4 Å². The lowest BCUT2D eigenvalue weighted by molar-refractivity contribution is -0.145. The molecule has 0 spiro atoms. The first-order chi connectivity index (χ1) is 13.7. The first-order valence-corrected chi connectivity index (χ1v) is 14.4. The standard InChI is InChI=1S/C21H35N3O4SSi/c1-10-27-18(26)15-11-16(25)14-12-22-19(29-7)23-17(14)24(15)21(5,6)13-28-30(8,9)20(2,3)4/h12,15H,10-11,13H2,1-9H3. The third-order valence-corrected chi connectivity index (χ3v) is 11.0. The quantitative estimate of drug-likeness (QED) is 0.261. The molecule has 2 heterocycles. The van der Waals surface area contributed by atoms with E-state index in [4.69, 9.17) is 9.16 Å². The van der Waals surface area contributed by atoms with Crippen LogP contribution in [0.2, 0.25) is 18.1 Å². The van der Waals surface area contributed by atoms with Crippen molar-refractivity contribution < 1.29 is 18.8 Å². The molecule has 0 aliphatic carbocycles. The normalized spacial score (nSPS) is 17.7. The fraction of sp³-hybridized carbons (Fsp3) is 0.714. The monoisotopic (exact) mass is 453 g/mol. The summed E-state index contributed by atoms with van der Waals surface area (Å²) in [6.45, 7) is 17.5. The van der Waals surface area contributed by atoms with Gasteiger partial charge in [0, 0.05) is 12.6 Å². The third kappa shape index (κ3) is 5.05. The minimum atomic E-state index is -2.01. The predicted octanol–water partition coefficient (Wildman–Crippen LogP) is 4.32. The molecule has 0 bridgehead atoms. The molecule has 1 aliphatic heterocycles.